The van der Waals surface area contributed by atoms with Gasteiger partial charge in [-0.05, 0) is 42.9 Å². The van der Waals surface area contributed by atoms with Gasteiger partial charge in [-0.15, -0.1) is 0 Å². The molecule has 0 saturated carbocycles. The average molecular weight is 478 g/mol. The van der Waals surface area contributed by atoms with Gasteiger partial charge in [0, 0.05) is 17.7 Å². The fourth-order valence-electron chi connectivity index (χ4n) is 4.43. The van der Waals surface area contributed by atoms with Crippen molar-refractivity contribution in [2.45, 2.75) is 72.0 Å². The highest BCUT2D eigenvalue weighted by molar-refractivity contribution is 6.06. The monoisotopic (exact) mass is 477 g/mol. The summed E-state index contributed by atoms with van der Waals surface area (Å²) in [7, 11) is 0. The molecule has 1 aromatic heterocycles. The molecule has 0 fully saturated rings. The molecule has 0 bridgehead atoms. The van der Waals surface area contributed by atoms with E-state index in [1.165, 1.54) is 18.2 Å². The zero-order chi connectivity index (χ0) is 25.3. The Morgan fingerprint density at radius 3 is 2.50 bits per heavy atom. The van der Waals surface area contributed by atoms with E-state index in [-0.39, 0.29) is 29.0 Å². The second kappa shape index (κ2) is 9.64. The van der Waals surface area contributed by atoms with Crippen molar-refractivity contribution in [3.05, 3.63) is 52.3 Å². The molecular weight excluding hydrogens is 447 g/mol. The molecule has 6 nitrogen and oxygen atoms in total. The van der Waals surface area contributed by atoms with Gasteiger partial charge in [-0.3, -0.25) is 14.4 Å². The molecule has 2 aromatic rings. The van der Waals surface area contributed by atoms with E-state index >= 15 is 0 Å². The molecule has 34 heavy (non-hydrogen) atoms. The Morgan fingerprint density at radius 2 is 1.85 bits per heavy atom. The van der Waals surface area contributed by atoms with Gasteiger partial charge in [-0.25, -0.2) is 0 Å². The number of fused-ring (bicyclic) bond motifs is 1. The van der Waals surface area contributed by atoms with Crippen molar-refractivity contribution in [1.29, 1.82) is 0 Å². The lowest BCUT2D eigenvalue weighted by Crippen LogP contribution is -2.44. The summed E-state index contributed by atoms with van der Waals surface area (Å²) in [6, 6.07) is 3.67. The van der Waals surface area contributed by atoms with Crippen molar-refractivity contribution in [3.8, 4) is 0 Å². The Hall–Kier alpha value is -3.10. The largest absolute Gasteiger partial charge is 0.418 e. The lowest BCUT2D eigenvalue weighted by Gasteiger charge is -2.28. The van der Waals surface area contributed by atoms with Crippen LogP contribution in [0.4, 0.5) is 18.9 Å². The predicted molar refractivity (Wildman–Crippen MR) is 123 cm³/mol. The summed E-state index contributed by atoms with van der Waals surface area (Å²) in [5.74, 6) is -1.34. The number of hydrogen-bond acceptors (Lipinski definition) is 3. The van der Waals surface area contributed by atoms with Crippen LogP contribution in [-0.2, 0) is 17.4 Å². The highest BCUT2D eigenvalue weighted by Crippen LogP contribution is 2.37. The van der Waals surface area contributed by atoms with Gasteiger partial charge < -0.3 is 15.6 Å². The van der Waals surface area contributed by atoms with E-state index in [1.807, 2.05) is 20.8 Å². The zero-order valence-corrected chi connectivity index (χ0v) is 19.8. The van der Waals surface area contributed by atoms with Crippen molar-refractivity contribution in [1.82, 2.24) is 10.3 Å². The molecule has 0 saturated heterocycles. The number of Topliss-reactive ketones (excluding diaryl/α,β-unsaturated/α-hetero) is 1. The number of alkyl halides is 3. The van der Waals surface area contributed by atoms with E-state index in [0.717, 1.165) is 12.5 Å². The molecule has 0 radical (unpaired) electrons. The number of rotatable bonds is 7. The third-order valence-corrected chi connectivity index (χ3v) is 6.09. The van der Waals surface area contributed by atoms with Crippen LogP contribution in [-0.4, -0.2) is 28.6 Å². The van der Waals surface area contributed by atoms with Gasteiger partial charge in [0.15, 0.2) is 5.78 Å². The molecule has 2 amide bonds. The van der Waals surface area contributed by atoms with Crippen LogP contribution in [0.5, 0.6) is 0 Å². The van der Waals surface area contributed by atoms with Crippen LogP contribution in [0.2, 0.25) is 0 Å². The summed E-state index contributed by atoms with van der Waals surface area (Å²) < 4.78 is 40.0. The molecule has 3 rings (SSSR count). The molecule has 1 unspecified atom stereocenters. The predicted octanol–water partition coefficient (Wildman–Crippen LogP) is 5.42. The van der Waals surface area contributed by atoms with Crippen LogP contribution < -0.4 is 10.6 Å². The third-order valence-electron chi connectivity index (χ3n) is 6.09. The first-order chi connectivity index (χ1) is 15.8. The van der Waals surface area contributed by atoms with Gasteiger partial charge in [-0.1, -0.05) is 45.7 Å². The summed E-state index contributed by atoms with van der Waals surface area (Å²) in [6.45, 7) is 7.55. The molecule has 1 aromatic carbocycles. The highest BCUT2D eigenvalue weighted by atomic mass is 19.4. The van der Waals surface area contributed by atoms with Gasteiger partial charge in [0.05, 0.1) is 11.3 Å². The Kier molecular flexibility index (Phi) is 7.24. The summed E-state index contributed by atoms with van der Waals surface area (Å²) in [6.07, 6.45) is -2.07. The van der Waals surface area contributed by atoms with E-state index in [9.17, 15) is 27.6 Å². The first-order valence-corrected chi connectivity index (χ1v) is 11.4. The SMILES string of the molecule is CCCCC(NC(=O)c1[nH]c2c(c1C)C(=O)CC(C)(C)C2)C(=O)Nc1ccccc1C(F)(F)F. The van der Waals surface area contributed by atoms with Crippen molar-refractivity contribution in [3.63, 3.8) is 0 Å². The van der Waals surface area contributed by atoms with Gasteiger partial charge in [0.25, 0.3) is 5.91 Å². The Bertz CT molecular complexity index is 1100. The minimum atomic E-state index is -4.63. The number of H-pyrrole nitrogens is 1. The van der Waals surface area contributed by atoms with Crippen LogP contribution in [0.25, 0.3) is 0 Å². The van der Waals surface area contributed by atoms with E-state index in [4.69, 9.17) is 0 Å². The van der Waals surface area contributed by atoms with Crippen LogP contribution in [0.3, 0.4) is 0 Å². The van der Waals surface area contributed by atoms with Gasteiger partial charge in [-0.2, -0.15) is 13.2 Å². The summed E-state index contributed by atoms with van der Waals surface area (Å²) >= 11 is 0. The number of aromatic nitrogens is 1. The van der Waals surface area contributed by atoms with Crippen molar-refractivity contribution in [2.75, 3.05) is 5.32 Å². The second-order valence-corrected chi connectivity index (χ2v) is 9.62. The maximum atomic E-state index is 13.3. The first-order valence-electron chi connectivity index (χ1n) is 11.4. The molecule has 3 N–H and O–H groups in total. The Labute approximate surface area is 196 Å². The van der Waals surface area contributed by atoms with Gasteiger partial charge >= 0.3 is 6.18 Å². The van der Waals surface area contributed by atoms with E-state index in [1.54, 1.807) is 6.92 Å². The summed E-state index contributed by atoms with van der Waals surface area (Å²) in [5, 5.41) is 4.98. The number of ketones is 1. The summed E-state index contributed by atoms with van der Waals surface area (Å²) in [4.78, 5) is 41.7. The molecule has 1 heterocycles. The standard InChI is InChI=1S/C25H30F3N3O3/c1-5-6-10-17(22(33)30-16-11-8-7-9-15(16)25(26,27)28)31-23(34)21-14(2)20-18(29-21)12-24(3,4)13-19(20)32/h7-9,11,17,29H,5-6,10,12-13H2,1-4H3,(H,30,33)(H,31,34). The average Bonchev–Trinajstić information content (AvgIpc) is 3.05. The first kappa shape index (κ1) is 25.5. The van der Waals surface area contributed by atoms with E-state index in [2.05, 4.69) is 15.6 Å². The fourth-order valence-corrected chi connectivity index (χ4v) is 4.43. The normalized spacial score (nSPS) is 16.0. The number of halogens is 3. The minimum absolute atomic E-state index is 0.0388. The Balaban J connectivity index is 1.83. The molecule has 184 valence electrons. The topological polar surface area (TPSA) is 91.1 Å². The van der Waals surface area contributed by atoms with Crippen LogP contribution in [0, 0.1) is 12.3 Å². The number of carbonyl (C=O) groups is 3. The lowest BCUT2D eigenvalue weighted by molar-refractivity contribution is -0.137. The van der Waals surface area contributed by atoms with Crippen LogP contribution >= 0.6 is 0 Å². The number of hydrogen-bond donors (Lipinski definition) is 3. The molecular formula is C25H30F3N3O3. The van der Waals surface area contributed by atoms with Crippen LogP contribution in [0.1, 0.15) is 84.1 Å². The molecule has 9 heteroatoms. The third kappa shape index (κ3) is 5.51. The van der Waals surface area contributed by atoms with Crippen LogP contribution in [0.15, 0.2) is 24.3 Å². The number of amides is 2. The zero-order valence-electron chi connectivity index (χ0n) is 19.8. The van der Waals surface area contributed by atoms with Gasteiger partial charge in [0.1, 0.15) is 11.7 Å². The van der Waals surface area contributed by atoms with E-state index in [0.29, 0.717) is 36.1 Å². The van der Waals surface area contributed by atoms with Crippen molar-refractivity contribution < 1.29 is 27.6 Å². The summed E-state index contributed by atoms with van der Waals surface area (Å²) in [5.41, 5.74) is 0.361. The molecule has 1 aliphatic carbocycles. The quantitative estimate of drug-likeness (QED) is 0.497. The molecule has 1 atom stereocenters. The lowest BCUT2D eigenvalue weighted by atomic mass is 9.75. The number of carbonyl (C=O) groups excluding carboxylic acids is 3. The van der Waals surface area contributed by atoms with E-state index < -0.39 is 29.6 Å². The maximum absolute atomic E-state index is 13.3. The smallest absolute Gasteiger partial charge is 0.354 e. The minimum Gasteiger partial charge on any atom is -0.354 e. The number of unbranched alkanes of at least 4 members (excludes halogenated alkanes) is 1. The molecule has 1 aliphatic rings. The number of nitrogens with one attached hydrogen (secondary N) is 3. The fraction of sp³-hybridized carbons (Fsp3) is 0.480. The second-order valence-electron chi connectivity index (χ2n) is 9.62. The molecule has 0 aliphatic heterocycles. The van der Waals surface area contributed by atoms with Crippen molar-refractivity contribution >= 4 is 23.3 Å². The maximum Gasteiger partial charge on any atom is 0.418 e. The number of anilines is 1. The molecule has 0 spiro atoms. The highest BCUT2D eigenvalue weighted by Gasteiger charge is 2.36. The number of benzene rings is 1. The number of para-hydroxylation sites is 1. The van der Waals surface area contributed by atoms with Crippen molar-refractivity contribution in [2.24, 2.45) is 5.41 Å². The Morgan fingerprint density at radius 1 is 1.18 bits per heavy atom. The number of aromatic amines is 1. The van der Waals surface area contributed by atoms with Gasteiger partial charge in [0.2, 0.25) is 5.91 Å².